The number of hydrogen-bond donors (Lipinski definition) is 2. The van der Waals surface area contributed by atoms with Gasteiger partial charge in [-0.25, -0.2) is 0 Å². The first-order valence-electron chi connectivity index (χ1n) is 8.28. The topological polar surface area (TPSA) is 136 Å². The molecule has 0 aromatic heterocycles. The number of ether oxygens (including phenoxy) is 1. The maximum atomic E-state index is 10.5. The highest BCUT2D eigenvalue weighted by atomic mass is 16.6. The zero-order chi connectivity index (χ0) is 19.8. The van der Waals surface area contributed by atoms with Crippen molar-refractivity contribution in [1.29, 1.82) is 0 Å². The van der Waals surface area contributed by atoms with Crippen LogP contribution >= 0.6 is 0 Å². The number of fused-ring (bicyclic) bond motifs is 1. The molecule has 2 aromatic rings. The minimum Gasteiger partial charge on any atom is -0.396 e. The molecule has 0 radical (unpaired) electrons. The third kappa shape index (κ3) is 5.55. The van der Waals surface area contributed by atoms with Crippen molar-refractivity contribution in [3.8, 4) is 0 Å². The summed E-state index contributed by atoms with van der Waals surface area (Å²) in [5.74, 6) is 0. The molecule has 27 heavy (non-hydrogen) atoms. The number of hydrogen-bond acceptors (Lipinski definition) is 7. The summed E-state index contributed by atoms with van der Waals surface area (Å²) in [5, 5.41) is 38.5. The molecule has 3 rings (SSSR count). The lowest BCUT2D eigenvalue weighted by Crippen LogP contribution is -2.09. The summed E-state index contributed by atoms with van der Waals surface area (Å²) in [5.41, 5.74) is 3.44. The smallest absolute Gasteiger partial charge is 0.269 e. The van der Waals surface area contributed by atoms with Gasteiger partial charge in [-0.15, -0.1) is 0 Å². The van der Waals surface area contributed by atoms with Crippen molar-refractivity contribution < 1.29 is 24.8 Å². The van der Waals surface area contributed by atoms with Gasteiger partial charge in [-0.2, -0.15) is 0 Å². The van der Waals surface area contributed by atoms with Gasteiger partial charge in [0.1, 0.15) is 0 Å². The Hall–Kier alpha value is -2.88. The van der Waals surface area contributed by atoms with Gasteiger partial charge in [-0.1, -0.05) is 12.1 Å². The fourth-order valence-electron chi connectivity index (χ4n) is 2.71. The second-order valence-electron chi connectivity index (χ2n) is 5.85. The number of nitrogens with zero attached hydrogens (tertiary/aromatic N) is 2. The first-order valence-corrected chi connectivity index (χ1v) is 8.28. The summed E-state index contributed by atoms with van der Waals surface area (Å²) in [6.07, 6.45) is 1.25. The van der Waals surface area contributed by atoms with E-state index >= 15 is 0 Å². The second-order valence-corrected chi connectivity index (χ2v) is 5.85. The van der Waals surface area contributed by atoms with Gasteiger partial charge >= 0.3 is 0 Å². The molecular weight excluding hydrogens is 356 g/mol. The molecule has 0 bridgehead atoms. The van der Waals surface area contributed by atoms with Crippen molar-refractivity contribution in [2.24, 2.45) is 0 Å². The average Bonchev–Trinajstić information content (AvgIpc) is 2.68. The van der Waals surface area contributed by atoms with E-state index in [2.05, 4.69) is 0 Å². The number of nitro groups is 2. The maximum Gasteiger partial charge on any atom is 0.269 e. The molecule has 0 aliphatic carbocycles. The fourth-order valence-corrected chi connectivity index (χ4v) is 2.71. The molecule has 2 aromatic carbocycles. The van der Waals surface area contributed by atoms with Crippen LogP contribution in [0.4, 0.5) is 11.4 Å². The zero-order valence-corrected chi connectivity index (χ0v) is 14.5. The fraction of sp³-hybridized carbons (Fsp3) is 0.333. The van der Waals surface area contributed by atoms with Crippen LogP contribution in [0.3, 0.4) is 0 Å². The largest absolute Gasteiger partial charge is 0.396 e. The Balaban J connectivity index is 0.000000194. The van der Waals surface area contributed by atoms with E-state index in [4.69, 9.17) is 14.9 Å². The molecule has 0 spiro atoms. The van der Waals surface area contributed by atoms with Crippen molar-refractivity contribution in [3.63, 3.8) is 0 Å². The average molecular weight is 376 g/mol. The first kappa shape index (κ1) is 20.4. The highest BCUT2D eigenvalue weighted by Gasteiger charge is 2.13. The number of aliphatic hydroxyl groups excluding tert-OH is 2. The lowest BCUT2D eigenvalue weighted by atomic mass is 10.0. The van der Waals surface area contributed by atoms with Crippen LogP contribution in [0, 0.1) is 20.2 Å². The highest BCUT2D eigenvalue weighted by Crippen LogP contribution is 2.22. The summed E-state index contributed by atoms with van der Waals surface area (Å²) in [7, 11) is 0. The molecule has 0 amide bonds. The van der Waals surface area contributed by atoms with Crippen LogP contribution in [-0.4, -0.2) is 33.3 Å². The Kier molecular flexibility index (Phi) is 7.35. The zero-order valence-electron chi connectivity index (χ0n) is 14.5. The Morgan fingerprint density at radius 1 is 0.926 bits per heavy atom. The van der Waals surface area contributed by atoms with Crippen LogP contribution in [0.25, 0.3) is 0 Å². The Bertz CT molecular complexity index is 823. The lowest BCUT2D eigenvalue weighted by Gasteiger charge is -2.15. The molecule has 1 aliphatic heterocycles. The van der Waals surface area contributed by atoms with E-state index in [1.807, 2.05) is 6.07 Å². The van der Waals surface area contributed by atoms with Gasteiger partial charge in [0.25, 0.3) is 11.4 Å². The molecule has 9 heteroatoms. The predicted octanol–water partition coefficient (Wildman–Crippen LogP) is 2.29. The highest BCUT2D eigenvalue weighted by molar-refractivity contribution is 5.40. The molecule has 0 fully saturated rings. The molecule has 9 nitrogen and oxygen atoms in total. The molecule has 1 heterocycles. The van der Waals surface area contributed by atoms with E-state index in [1.165, 1.54) is 12.1 Å². The molecular formula is C18H20N2O7. The minimum absolute atomic E-state index is 0.0369. The van der Waals surface area contributed by atoms with Crippen molar-refractivity contribution in [1.82, 2.24) is 0 Å². The minimum atomic E-state index is -0.512. The van der Waals surface area contributed by atoms with Gasteiger partial charge in [-0.05, 0) is 35.1 Å². The summed E-state index contributed by atoms with van der Waals surface area (Å²) in [6, 6.07) is 9.20. The Morgan fingerprint density at radius 3 is 2.22 bits per heavy atom. The number of rotatable bonds is 5. The van der Waals surface area contributed by atoms with Gasteiger partial charge in [-0.3, -0.25) is 20.2 Å². The SMILES string of the molecule is O=[N+]([O-])c1ccc(CCO)c(CO)c1.O=[N+]([O-])c1ccc2c(c1)COCC2. The Labute approximate surface area is 155 Å². The molecule has 0 saturated heterocycles. The number of nitro benzene ring substituents is 2. The monoisotopic (exact) mass is 376 g/mol. The van der Waals surface area contributed by atoms with Crippen LogP contribution in [-0.2, 0) is 30.8 Å². The van der Waals surface area contributed by atoms with E-state index < -0.39 is 4.92 Å². The van der Waals surface area contributed by atoms with Crippen LogP contribution in [0.1, 0.15) is 22.3 Å². The van der Waals surface area contributed by atoms with Crippen LogP contribution in [0.5, 0.6) is 0 Å². The van der Waals surface area contributed by atoms with Crippen molar-refractivity contribution >= 4 is 11.4 Å². The van der Waals surface area contributed by atoms with E-state index in [0.29, 0.717) is 25.2 Å². The maximum absolute atomic E-state index is 10.5. The van der Waals surface area contributed by atoms with Crippen LogP contribution < -0.4 is 0 Å². The quantitative estimate of drug-likeness (QED) is 0.603. The lowest BCUT2D eigenvalue weighted by molar-refractivity contribution is -0.385. The van der Waals surface area contributed by atoms with Crippen LogP contribution in [0.2, 0.25) is 0 Å². The molecule has 0 saturated carbocycles. The van der Waals surface area contributed by atoms with E-state index in [0.717, 1.165) is 23.1 Å². The van der Waals surface area contributed by atoms with E-state index in [1.54, 1.807) is 18.2 Å². The summed E-state index contributed by atoms with van der Waals surface area (Å²) < 4.78 is 5.21. The number of aliphatic hydroxyl groups is 2. The van der Waals surface area contributed by atoms with Crippen molar-refractivity contribution in [3.05, 3.63) is 78.9 Å². The second kappa shape index (κ2) is 9.72. The predicted molar refractivity (Wildman–Crippen MR) is 96.3 cm³/mol. The third-order valence-electron chi connectivity index (χ3n) is 4.13. The van der Waals surface area contributed by atoms with E-state index in [-0.39, 0.29) is 29.5 Å². The first-order chi connectivity index (χ1) is 13.0. The molecule has 1 aliphatic rings. The third-order valence-corrected chi connectivity index (χ3v) is 4.13. The van der Waals surface area contributed by atoms with Crippen molar-refractivity contribution in [2.45, 2.75) is 26.1 Å². The van der Waals surface area contributed by atoms with Crippen LogP contribution in [0.15, 0.2) is 36.4 Å². The summed E-state index contributed by atoms with van der Waals surface area (Å²) in [4.78, 5) is 20.0. The summed E-state index contributed by atoms with van der Waals surface area (Å²) in [6.45, 7) is 0.920. The summed E-state index contributed by atoms with van der Waals surface area (Å²) >= 11 is 0. The standard InChI is InChI=1S/C9H11NO4.C9H9NO3/c11-4-3-7-1-2-9(10(13)14)5-8(7)6-12;11-10(12)9-2-1-7-3-4-13-6-8(7)5-9/h1-2,5,11-12H,3-4,6H2;1-2,5H,3-4,6H2. The van der Waals surface area contributed by atoms with Gasteiger partial charge in [0.2, 0.25) is 0 Å². The van der Waals surface area contributed by atoms with Gasteiger partial charge in [0.15, 0.2) is 0 Å². The Morgan fingerprint density at radius 2 is 1.59 bits per heavy atom. The van der Waals surface area contributed by atoms with Gasteiger partial charge in [0, 0.05) is 30.9 Å². The number of benzene rings is 2. The normalized spacial score (nSPS) is 12.5. The van der Waals surface area contributed by atoms with E-state index in [9.17, 15) is 20.2 Å². The molecule has 2 N–H and O–H groups in total. The van der Waals surface area contributed by atoms with Crippen molar-refractivity contribution in [2.75, 3.05) is 13.2 Å². The number of non-ortho nitro benzene ring substituents is 2. The van der Waals surface area contributed by atoms with Gasteiger partial charge < -0.3 is 14.9 Å². The molecule has 144 valence electrons. The van der Waals surface area contributed by atoms with Gasteiger partial charge in [0.05, 0.1) is 29.7 Å². The molecule has 0 unspecified atom stereocenters. The molecule has 0 atom stereocenters.